The molecule has 2 aromatic carbocycles. The molecule has 1 aliphatic heterocycles. The van der Waals surface area contributed by atoms with E-state index >= 15 is 0 Å². The number of benzene rings is 2. The fourth-order valence-electron chi connectivity index (χ4n) is 3.11. The van der Waals surface area contributed by atoms with E-state index in [0.717, 1.165) is 29.0 Å². The van der Waals surface area contributed by atoms with E-state index in [1.165, 1.54) is 0 Å². The molecule has 26 heavy (non-hydrogen) atoms. The molecule has 1 aliphatic rings. The van der Waals surface area contributed by atoms with E-state index in [0.29, 0.717) is 17.2 Å². The SMILES string of the molecule is C=CCc1cc(OC)c(OC2c3ccc(OC)cc3OC2C)c(OC)c1. The molecule has 0 radical (unpaired) electrons. The molecule has 3 rings (SSSR count). The molecule has 2 unspecified atom stereocenters. The van der Waals surface area contributed by atoms with Gasteiger partial charge in [0.15, 0.2) is 17.6 Å². The highest BCUT2D eigenvalue weighted by Crippen LogP contribution is 2.46. The van der Waals surface area contributed by atoms with Crippen LogP contribution in [-0.4, -0.2) is 27.4 Å². The van der Waals surface area contributed by atoms with Crippen LogP contribution < -0.4 is 23.7 Å². The number of allylic oxidation sites excluding steroid dienone is 1. The van der Waals surface area contributed by atoms with Crippen molar-refractivity contribution in [1.82, 2.24) is 0 Å². The first-order chi connectivity index (χ1) is 12.6. The molecule has 2 aromatic rings. The number of fused-ring (bicyclic) bond motifs is 1. The number of rotatable bonds is 7. The Morgan fingerprint density at radius 2 is 1.73 bits per heavy atom. The van der Waals surface area contributed by atoms with E-state index in [4.69, 9.17) is 23.7 Å². The number of methoxy groups -OCH3 is 3. The summed E-state index contributed by atoms with van der Waals surface area (Å²) in [5.74, 6) is 3.32. The maximum atomic E-state index is 6.32. The molecular weight excluding hydrogens is 332 g/mol. The van der Waals surface area contributed by atoms with Crippen LogP contribution in [0.3, 0.4) is 0 Å². The van der Waals surface area contributed by atoms with Crippen molar-refractivity contribution in [2.45, 2.75) is 25.6 Å². The van der Waals surface area contributed by atoms with E-state index in [9.17, 15) is 0 Å². The van der Waals surface area contributed by atoms with Gasteiger partial charge in [-0.25, -0.2) is 0 Å². The predicted molar refractivity (Wildman–Crippen MR) is 99.9 cm³/mol. The quantitative estimate of drug-likeness (QED) is 0.691. The lowest BCUT2D eigenvalue weighted by molar-refractivity contribution is 0.0933. The zero-order chi connectivity index (χ0) is 18.7. The monoisotopic (exact) mass is 356 g/mol. The minimum atomic E-state index is -0.274. The van der Waals surface area contributed by atoms with Gasteiger partial charge in [-0.3, -0.25) is 0 Å². The summed E-state index contributed by atoms with van der Waals surface area (Å²) in [7, 11) is 4.87. The van der Waals surface area contributed by atoms with Crippen molar-refractivity contribution in [3.63, 3.8) is 0 Å². The van der Waals surface area contributed by atoms with Crippen molar-refractivity contribution in [1.29, 1.82) is 0 Å². The lowest BCUT2D eigenvalue weighted by Crippen LogP contribution is -2.20. The third kappa shape index (κ3) is 3.29. The first-order valence-electron chi connectivity index (χ1n) is 8.48. The molecule has 138 valence electrons. The van der Waals surface area contributed by atoms with Crippen molar-refractivity contribution in [3.8, 4) is 28.7 Å². The summed E-state index contributed by atoms with van der Waals surface area (Å²) >= 11 is 0. The van der Waals surface area contributed by atoms with Crippen LogP contribution in [0.5, 0.6) is 28.7 Å². The summed E-state index contributed by atoms with van der Waals surface area (Å²) in [6.45, 7) is 5.76. The van der Waals surface area contributed by atoms with Gasteiger partial charge in [0.25, 0.3) is 0 Å². The second kappa shape index (κ2) is 7.60. The van der Waals surface area contributed by atoms with Gasteiger partial charge >= 0.3 is 0 Å². The lowest BCUT2D eigenvalue weighted by atomic mass is 10.1. The highest BCUT2D eigenvalue weighted by Gasteiger charge is 2.35. The molecule has 0 bridgehead atoms. The second-order valence-electron chi connectivity index (χ2n) is 6.09. The fourth-order valence-corrected chi connectivity index (χ4v) is 3.11. The predicted octanol–water partition coefficient (Wildman–Crippen LogP) is 4.34. The van der Waals surface area contributed by atoms with Crippen LogP contribution in [0.2, 0.25) is 0 Å². The number of hydrogen-bond acceptors (Lipinski definition) is 5. The average Bonchev–Trinajstić information content (AvgIpc) is 2.97. The molecule has 0 amide bonds. The molecule has 2 atom stereocenters. The zero-order valence-corrected chi connectivity index (χ0v) is 15.6. The lowest BCUT2D eigenvalue weighted by Gasteiger charge is -2.21. The summed E-state index contributed by atoms with van der Waals surface area (Å²) in [5, 5.41) is 0. The minimum absolute atomic E-state index is 0.153. The standard InChI is InChI=1S/C21H24O5/c1-6-7-14-10-18(23-4)21(19(11-14)24-5)26-20-13(2)25-17-12-15(22-3)8-9-16(17)20/h6,8-13,20H,1,7H2,2-5H3. The molecule has 0 N–H and O–H groups in total. The van der Waals surface area contributed by atoms with E-state index < -0.39 is 0 Å². The summed E-state index contributed by atoms with van der Waals surface area (Å²) in [6, 6.07) is 9.62. The molecule has 0 saturated carbocycles. The molecule has 0 aromatic heterocycles. The molecule has 0 spiro atoms. The molecule has 0 aliphatic carbocycles. The van der Waals surface area contributed by atoms with Crippen molar-refractivity contribution in [2.75, 3.05) is 21.3 Å². The first kappa shape index (κ1) is 18.0. The smallest absolute Gasteiger partial charge is 0.204 e. The van der Waals surface area contributed by atoms with Crippen LogP contribution in [0.15, 0.2) is 43.0 Å². The Morgan fingerprint density at radius 1 is 1.04 bits per heavy atom. The van der Waals surface area contributed by atoms with Crippen LogP contribution in [0.25, 0.3) is 0 Å². The van der Waals surface area contributed by atoms with E-state index in [-0.39, 0.29) is 12.2 Å². The van der Waals surface area contributed by atoms with E-state index in [1.54, 1.807) is 21.3 Å². The van der Waals surface area contributed by atoms with Crippen molar-refractivity contribution >= 4 is 0 Å². The molecule has 5 nitrogen and oxygen atoms in total. The molecule has 1 heterocycles. The van der Waals surface area contributed by atoms with Crippen LogP contribution in [-0.2, 0) is 6.42 Å². The fraction of sp³-hybridized carbons (Fsp3) is 0.333. The highest BCUT2D eigenvalue weighted by molar-refractivity contribution is 5.55. The van der Waals surface area contributed by atoms with Gasteiger partial charge in [-0.2, -0.15) is 0 Å². The van der Waals surface area contributed by atoms with Crippen LogP contribution in [0.1, 0.15) is 24.2 Å². The Kier molecular flexibility index (Phi) is 5.26. The van der Waals surface area contributed by atoms with E-state index in [2.05, 4.69) is 6.58 Å². The molecule has 0 saturated heterocycles. The maximum Gasteiger partial charge on any atom is 0.204 e. The van der Waals surface area contributed by atoms with Gasteiger partial charge in [-0.05, 0) is 43.2 Å². The van der Waals surface area contributed by atoms with Gasteiger partial charge in [0.2, 0.25) is 5.75 Å². The Morgan fingerprint density at radius 3 is 2.31 bits per heavy atom. The summed E-state index contributed by atoms with van der Waals surface area (Å²) in [4.78, 5) is 0. The molecule has 0 fully saturated rings. The molecular formula is C21H24O5. The largest absolute Gasteiger partial charge is 0.497 e. The van der Waals surface area contributed by atoms with Gasteiger partial charge in [-0.1, -0.05) is 6.08 Å². The van der Waals surface area contributed by atoms with E-state index in [1.807, 2.05) is 43.3 Å². The summed E-state index contributed by atoms with van der Waals surface area (Å²) < 4.78 is 28.6. The number of ether oxygens (including phenoxy) is 5. The average molecular weight is 356 g/mol. The Hall–Kier alpha value is -2.82. The first-order valence-corrected chi connectivity index (χ1v) is 8.48. The number of hydrogen-bond donors (Lipinski definition) is 0. The Balaban J connectivity index is 1.97. The Bertz CT molecular complexity index is 774. The Labute approximate surface area is 154 Å². The third-order valence-corrected chi connectivity index (χ3v) is 4.41. The van der Waals surface area contributed by atoms with Gasteiger partial charge < -0.3 is 23.7 Å². The van der Waals surface area contributed by atoms with Gasteiger partial charge in [0.1, 0.15) is 17.6 Å². The minimum Gasteiger partial charge on any atom is -0.497 e. The van der Waals surface area contributed by atoms with Gasteiger partial charge in [0.05, 0.1) is 21.3 Å². The van der Waals surface area contributed by atoms with Gasteiger partial charge in [-0.15, -0.1) is 6.58 Å². The second-order valence-corrected chi connectivity index (χ2v) is 6.09. The maximum absolute atomic E-state index is 6.32. The van der Waals surface area contributed by atoms with Crippen molar-refractivity contribution < 1.29 is 23.7 Å². The normalized spacial score (nSPS) is 17.8. The summed E-state index contributed by atoms with van der Waals surface area (Å²) in [6.07, 6.45) is 2.13. The van der Waals surface area contributed by atoms with Crippen LogP contribution >= 0.6 is 0 Å². The third-order valence-electron chi connectivity index (χ3n) is 4.41. The van der Waals surface area contributed by atoms with Gasteiger partial charge in [0, 0.05) is 11.6 Å². The molecule has 5 heteroatoms. The van der Waals surface area contributed by atoms with Crippen LogP contribution in [0.4, 0.5) is 0 Å². The van der Waals surface area contributed by atoms with Crippen molar-refractivity contribution in [2.24, 2.45) is 0 Å². The highest BCUT2D eigenvalue weighted by atomic mass is 16.6. The topological polar surface area (TPSA) is 46.2 Å². The zero-order valence-electron chi connectivity index (χ0n) is 15.6. The van der Waals surface area contributed by atoms with Crippen LogP contribution in [0, 0.1) is 0 Å². The van der Waals surface area contributed by atoms with Crippen molar-refractivity contribution in [3.05, 3.63) is 54.1 Å². The summed E-state index contributed by atoms with van der Waals surface area (Å²) in [5.41, 5.74) is 2.01.